The van der Waals surface area contributed by atoms with Gasteiger partial charge in [0.1, 0.15) is 11.6 Å². The highest BCUT2D eigenvalue weighted by molar-refractivity contribution is 5.18. The molecule has 1 atom stereocenters. The molecule has 26 heavy (non-hydrogen) atoms. The van der Waals surface area contributed by atoms with Crippen LogP contribution < -0.4 is 0 Å². The third kappa shape index (κ3) is 7.47. The lowest BCUT2D eigenvalue weighted by atomic mass is 10.2. The Hall–Kier alpha value is -1.38. The van der Waals surface area contributed by atoms with Gasteiger partial charge in [0.2, 0.25) is 0 Å². The van der Waals surface area contributed by atoms with Gasteiger partial charge in [0.05, 0.1) is 32.5 Å². The van der Waals surface area contributed by atoms with Crippen molar-refractivity contribution in [2.45, 2.75) is 12.6 Å². The van der Waals surface area contributed by atoms with E-state index in [0.29, 0.717) is 45.0 Å². The maximum Gasteiger partial charge on any atom is 0.130 e. The van der Waals surface area contributed by atoms with Crippen LogP contribution in [-0.4, -0.2) is 80.2 Å². The molecule has 0 aromatic heterocycles. The first-order valence-electron chi connectivity index (χ1n) is 8.91. The molecule has 1 heterocycles. The molecule has 1 aromatic rings. The molecule has 2 rings (SSSR count). The van der Waals surface area contributed by atoms with E-state index in [2.05, 4.69) is 11.5 Å². The summed E-state index contributed by atoms with van der Waals surface area (Å²) in [7, 11) is 0. The number of rotatable bonds is 11. The van der Waals surface area contributed by atoms with Gasteiger partial charge in [-0.05, 0) is 6.07 Å². The zero-order valence-corrected chi connectivity index (χ0v) is 15.1. The minimum absolute atomic E-state index is 0.186. The van der Waals surface area contributed by atoms with Gasteiger partial charge in [0.25, 0.3) is 0 Å². The predicted octanol–water partition coefficient (Wildman–Crippen LogP) is 1.66. The maximum atomic E-state index is 14.0. The van der Waals surface area contributed by atoms with Gasteiger partial charge in [0.15, 0.2) is 0 Å². The standard InChI is InChI=1S/C19H28F2N2O3/c1-2-9-26-15-18(24)14-23(6-5-22-7-10-25-11-8-22)13-16-3-4-17(20)12-19(16)21/h2-4,12,18,24H,1,5-11,13-15H2. The fourth-order valence-electron chi connectivity index (χ4n) is 2.87. The summed E-state index contributed by atoms with van der Waals surface area (Å²) < 4.78 is 37.7. The lowest BCUT2D eigenvalue weighted by Gasteiger charge is -2.31. The second kappa shape index (κ2) is 11.4. The molecule has 146 valence electrons. The van der Waals surface area contributed by atoms with Crippen molar-refractivity contribution in [2.24, 2.45) is 0 Å². The summed E-state index contributed by atoms with van der Waals surface area (Å²) in [5.74, 6) is -1.16. The topological polar surface area (TPSA) is 45.2 Å². The molecule has 1 aliphatic rings. The van der Waals surface area contributed by atoms with Crippen molar-refractivity contribution in [3.8, 4) is 0 Å². The van der Waals surface area contributed by atoms with Crippen LogP contribution in [0.1, 0.15) is 5.56 Å². The van der Waals surface area contributed by atoms with Gasteiger partial charge < -0.3 is 14.6 Å². The third-order valence-corrected chi connectivity index (χ3v) is 4.26. The van der Waals surface area contributed by atoms with Crippen molar-refractivity contribution in [2.75, 3.05) is 59.2 Å². The van der Waals surface area contributed by atoms with Gasteiger partial charge >= 0.3 is 0 Å². The second-order valence-corrected chi connectivity index (χ2v) is 6.40. The molecule has 5 nitrogen and oxygen atoms in total. The Bertz CT molecular complexity index is 554. The average Bonchev–Trinajstić information content (AvgIpc) is 2.63. The zero-order chi connectivity index (χ0) is 18.8. The lowest BCUT2D eigenvalue weighted by molar-refractivity contribution is 0.0126. The number of hydrogen-bond donors (Lipinski definition) is 1. The molecule has 0 spiro atoms. The van der Waals surface area contributed by atoms with E-state index >= 15 is 0 Å². The first-order valence-corrected chi connectivity index (χ1v) is 8.91. The second-order valence-electron chi connectivity index (χ2n) is 6.40. The summed E-state index contributed by atoms with van der Waals surface area (Å²) in [4.78, 5) is 4.24. The van der Waals surface area contributed by atoms with E-state index < -0.39 is 17.7 Å². The summed E-state index contributed by atoms with van der Waals surface area (Å²) in [5.41, 5.74) is 0.410. The fourth-order valence-corrected chi connectivity index (χ4v) is 2.87. The predicted molar refractivity (Wildman–Crippen MR) is 95.9 cm³/mol. The molecular formula is C19H28F2N2O3. The number of morpholine rings is 1. The minimum Gasteiger partial charge on any atom is -0.389 e. The van der Waals surface area contributed by atoms with Crippen LogP contribution in [0.3, 0.4) is 0 Å². The number of hydrogen-bond acceptors (Lipinski definition) is 5. The first kappa shape index (κ1) is 20.9. The summed E-state index contributed by atoms with van der Waals surface area (Å²) in [6.07, 6.45) is 0.930. The SMILES string of the molecule is C=CCOCC(O)CN(CCN1CCOCC1)Cc1ccc(F)cc1F. The molecule has 7 heteroatoms. The third-order valence-electron chi connectivity index (χ3n) is 4.26. The highest BCUT2D eigenvalue weighted by atomic mass is 19.1. The molecular weight excluding hydrogens is 342 g/mol. The molecule has 0 radical (unpaired) electrons. The molecule has 1 unspecified atom stereocenters. The normalized spacial score (nSPS) is 16.8. The van der Waals surface area contributed by atoms with Gasteiger partial charge in [-0.25, -0.2) is 8.78 Å². The Morgan fingerprint density at radius 1 is 1.35 bits per heavy atom. The van der Waals surface area contributed by atoms with Crippen LogP contribution in [0.25, 0.3) is 0 Å². The van der Waals surface area contributed by atoms with Gasteiger partial charge in [0, 0.05) is 50.9 Å². The Labute approximate surface area is 153 Å². The highest BCUT2D eigenvalue weighted by Crippen LogP contribution is 2.13. The number of benzene rings is 1. The van der Waals surface area contributed by atoms with Gasteiger partial charge in [-0.1, -0.05) is 12.1 Å². The van der Waals surface area contributed by atoms with Gasteiger partial charge in [-0.2, -0.15) is 0 Å². The Morgan fingerprint density at radius 3 is 2.81 bits per heavy atom. The van der Waals surface area contributed by atoms with Crippen molar-refractivity contribution in [3.05, 3.63) is 48.1 Å². The van der Waals surface area contributed by atoms with E-state index in [1.54, 1.807) is 6.08 Å². The lowest BCUT2D eigenvalue weighted by Crippen LogP contribution is -2.43. The largest absolute Gasteiger partial charge is 0.389 e. The Morgan fingerprint density at radius 2 is 2.12 bits per heavy atom. The summed E-state index contributed by atoms with van der Waals surface area (Å²) in [5, 5.41) is 10.2. The quantitative estimate of drug-likeness (QED) is 0.474. The van der Waals surface area contributed by atoms with Crippen molar-refractivity contribution >= 4 is 0 Å². The number of ether oxygens (including phenoxy) is 2. The van der Waals surface area contributed by atoms with Crippen molar-refractivity contribution in [1.82, 2.24) is 9.80 Å². The smallest absolute Gasteiger partial charge is 0.130 e. The van der Waals surface area contributed by atoms with Crippen LogP contribution in [-0.2, 0) is 16.0 Å². The van der Waals surface area contributed by atoms with E-state index in [-0.39, 0.29) is 6.61 Å². The molecule has 1 saturated heterocycles. The van der Waals surface area contributed by atoms with Crippen LogP contribution in [0.5, 0.6) is 0 Å². The van der Waals surface area contributed by atoms with Crippen LogP contribution >= 0.6 is 0 Å². The minimum atomic E-state index is -0.692. The van der Waals surface area contributed by atoms with E-state index in [1.807, 2.05) is 4.90 Å². The Balaban J connectivity index is 1.93. The average molecular weight is 370 g/mol. The van der Waals surface area contributed by atoms with Crippen molar-refractivity contribution in [1.29, 1.82) is 0 Å². The van der Waals surface area contributed by atoms with Crippen LogP contribution in [0.15, 0.2) is 30.9 Å². The van der Waals surface area contributed by atoms with Crippen LogP contribution in [0.4, 0.5) is 8.78 Å². The van der Waals surface area contributed by atoms with Crippen LogP contribution in [0, 0.1) is 11.6 Å². The molecule has 1 N–H and O–H groups in total. The Kier molecular flexibility index (Phi) is 9.14. The summed E-state index contributed by atoms with van der Waals surface area (Å²) in [6.45, 7) is 9.39. The van der Waals surface area contributed by atoms with Crippen molar-refractivity contribution in [3.63, 3.8) is 0 Å². The summed E-state index contributed by atoms with van der Waals surface area (Å²) >= 11 is 0. The molecule has 0 amide bonds. The molecule has 1 aliphatic heterocycles. The number of halogens is 2. The van der Waals surface area contributed by atoms with Crippen LogP contribution in [0.2, 0.25) is 0 Å². The summed E-state index contributed by atoms with van der Waals surface area (Å²) in [6, 6.07) is 3.59. The monoisotopic (exact) mass is 370 g/mol. The van der Waals surface area contributed by atoms with E-state index in [9.17, 15) is 13.9 Å². The van der Waals surface area contributed by atoms with E-state index in [1.165, 1.54) is 12.1 Å². The number of aliphatic hydroxyl groups is 1. The molecule has 0 aliphatic carbocycles. The maximum absolute atomic E-state index is 14.0. The molecule has 0 saturated carbocycles. The van der Waals surface area contributed by atoms with Crippen molar-refractivity contribution < 1.29 is 23.4 Å². The van der Waals surface area contributed by atoms with E-state index in [4.69, 9.17) is 9.47 Å². The highest BCUT2D eigenvalue weighted by Gasteiger charge is 2.17. The molecule has 1 aromatic carbocycles. The van der Waals surface area contributed by atoms with E-state index in [0.717, 1.165) is 25.7 Å². The fraction of sp³-hybridized carbons (Fsp3) is 0.579. The van der Waals surface area contributed by atoms with Gasteiger partial charge in [-0.3, -0.25) is 9.80 Å². The molecule has 0 bridgehead atoms. The number of aliphatic hydroxyl groups excluding tert-OH is 1. The molecule has 1 fully saturated rings. The number of nitrogens with zero attached hydrogens (tertiary/aromatic N) is 2. The zero-order valence-electron chi connectivity index (χ0n) is 15.1. The first-order chi connectivity index (χ1) is 12.6. The van der Waals surface area contributed by atoms with Gasteiger partial charge in [-0.15, -0.1) is 6.58 Å².